The maximum atomic E-state index is 12.2. The summed E-state index contributed by atoms with van der Waals surface area (Å²) in [6, 6.07) is 5.50. The van der Waals surface area contributed by atoms with E-state index in [-0.39, 0.29) is 11.4 Å². The molecular formula is C14H16N4O3. The summed E-state index contributed by atoms with van der Waals surface area (Å²) >= 11 is 0. The minimum atomic E-state index is -0.600. The number of nitrogens with zero attached hydrogens (tertiary/aromatic N) is 3. The van der Waals surface area contributed by atoms with Crippen molar-refractivity contribution in [2.24, 2.45) is 0 Å². The number of nitro groups is 1. The van der Waals surface area contributed by atoms with Crippen LogP contribution in [-0.2, 0) is 6.54 Å². The summed E-state index contributed by atoms with van der Waals surface area (Å²) in [6.45, 7) is 6.06. The third-order valence-electron chi connectivity index (χ3n) is 3.33. The molecule has 0 radical (unpaired) electrons. The molecule has 1 aromatic carbocycles. The molecule has 1 amide bonds. The van der Waals surface area contributed by atoms with Crippen LogP contribution in [0.15, 0.2) is 24.4 Å². The van der Waals surface area contributed by atoms with Gasteiger partial charge in [-0.1, -0.05) is 12.1 Å². The van der Waals surface area contributed by atoms with Gasteiger partial charge in [0.25, 0.3) is 5.91 Å². The molecule has 0 aliphatic heterocycles. The van der Waals surface area contributed by atoms with Gasteiger partial charge in [0.15, 0.2) is 0 Å². The number of hydrogen-bond acceptors (Lipinski definition) is 4. The first kappa shape index (κ1) is 14.7. The van der Waals surface area contributed by atoms with Gasteiger partial charge in [0.2, 0.25) is 5.69 Å². The third kappa shape index (κ3) is 2.91. The maximum absolute atomic E-state index is 12.2. The first-order chi connectivity index (χ1) is 9.93. The highest BCUT2D eigenvalue weighted by atomic mass is 16.6. The van der Waals surface area contributed by atoms with E-state index in [2.05, 4.69) is 10.4 Å². The molecule has 0 saturated carbocycles. The van der Waals surface area contributed by atoms with E-state index < -0.39 is 10.8 Å². The molecule has 1 aromatic heterocycles. The van der Waals surface area contributed by atoms with E-state index in [9.17, 15) is 14.9 Å². The number of carbonyl (C=O) groups excluding carboxylic acids is 1. The smallest absolute Gasteiger partial charge is 0.320 e. The highest BCUT2D eigenvalue weighted by Gasteiger charge is 2.25. The number of aryl methyl sites for hydroxylation is 2. The highest BCUT2D eigenvalue weighted by Crippen LogP contribution is 2.21. The molecule has 1 heterocycles. The molecule has 0 atom stereocenters. The van der Waals surface area contributed by atoms with Crippen molar-refractivity contribution in [2.75, 3.05) is 5.32 Å². The van der Waals surface area contributed by atoms with Crippen LogP contribution < -0.4 is 5.32 Å². The van der Waals surface area contributed by atoms with Crippen molar-refractivity contribution in [3.63, 3.8) is 0 Å². The molecule has 0 fully saturated rings. The Morgan fingerprint density at radius 1 is 1.43 bits per heavy atom. The number of benzene rings is 1. The van der Waals surface area contributed by atoms with Crippen molar-refractivity contribution in [3.05, 3.63) is 51.3 Å². The first-order valence-corrected chi connectivity index (χ1v) is 6.53. The summed E-state index contributed by atoms with van der Waals surface area (Å²) in [6.07, 6.45) is 1.26. The molecule has 0 unspecified atom stereocenters. The van der Waals surface area contributed by atoms with Crippen molar-refractivity contribution >= 4 is 17.3 Å². The Morgan fingerprint density at radius 2 is 2.14 bits per heavy atom. The fraction of sp³-hybridized carbons (Fsp3) is 0.286. The zero-order valence-electron chi connectivity index (χ0n) is 12.1. The Hall–Kier alpha value is -2.70. The molecule has 0 aliphatic rings. The van der Waals surface area contributed by atoms with Gasteiger partial charge in [0, 0.05) is 12.2 Å². The zero-order chi connectivity index (χ0) is 15.6. The van der Waals surface area contributed by atoms with Crippen LogP contribution in [-0.4, -0.2) is 20.6 Å². The second-order valence-electron chi connectivity index (χ2n) is 4.68. The Bertz CT molecular complexity index is 706. The van der Waals surface area contributed by atoms with E-state index in [1.54, 1.807) is 13.0 Å². The molecule has 1 N–H and O–H groups in total. The highest BCUT2D eigenvalue weighted by molar-refractivity contribution is 6.05. The number of nitrogens with one attached hydrogen (secondary N) is 1. The van der Waals surface area contributed by atoms with Gasteiger partial charge in [0.05, 0.1) is 4.92 Å². The summed E-state index contributed by atoms with van der Waals surface area (Å²) in [5.74, 6) is -0.581. The molecule has 0 spiro atoms. The van der Waals surface area contributed by atoms with E-state index in [1.807, 2.05) is 26.0 Å². The number of amides is 1. The number of aromatic nitrogens is 2. The SMILES string of the molecule is CCn1cc([N+](=O)[O-])c(C(=O)Nc2cccc(C)c2C)n1. The van der Waals surface area contributed by atoms with Crippen molar-refractivity contribution in [1.82, 2.24) is 9.78 Å². The lowest BCUT2D eigenvalue weighted by Gasteiger charge is -2.09. The number of anilines is 1. The molecule has 2 rings (SSSR count). The lowest BCUT2D eigenvalue weighted by atomic mass is 10.1. The lowest BCUT2D eigenvalue weighted by Crippen LogP contribution is -2.15. The van der Waals surface area contributed by atoms with Crippen molar-refractivity contribution in [2.45, 2.75) is 27.3 Å². The molecule has 0 aliphatic carbocycles. The second-order valence-corrected chi connectivity index (χ2v) is 4.68. The predicted molar refractivity (Wildman–Crippen MR) is 78.4 cm³/mol. The summed E-state index contributed by atoms with van der Waals surface area (Å²) in [5.41, 5.74) is 2.10. The van der Waals surface area contributed by atoms with Gasteiger partial charge >= 0.3 is 5.69 Å². The van der Waals surface area contributed by atoms with E-state index in [1.165, 1.54) is 10.9 Å². The van der Waals surface area contributed by atoms with Gasteiger partial charge in [-0.05, 0) is 38.0 Å². The van der Waals surface area contributed by atoms with Gasteiger partial charge in [0.1, 0.15) is 6.20 Å². The standard InChI is InChI=1S/C14H16N4O3/c1-4-17-8-12(18(20)21)13(16-17)14(19)15-11-7-5-6-9(2)10(11)3/h5-8H,4H2,1-3H3,(H,15,19). The number of carbonyl (C=O) groups is 1. The van der Waals surface area contributed by atoms with Crippen LogP contribution >= 0.6 is 0 Å². The fourth-order valence-electron chi connectivity index (χ4n) is 1.94. The van der Waals surface area contributed by atoms with Crippen LogP contribution in [0, 0.1) is 24.0 Å². The minimum Gasteiger partial charge on any atom is -0.320 e. The minimum absolute atomic E-state index is 0.178. The van der Waals surface area contributed by atoms with Crippen LogP contribution in [0.1, 0.15) is 28.5 Å². The molecule has 110 valence electrons. The van der Waals surface area contributed by atoms with Crippen LogP contribution in [0.4, 0.5) is 11.4 Å². The molecule has 7 nitrogen and oxygen atoms in total. The second kappa shape index (κ2) is 5.74. The monoisotopic (exact) mass is 288 g/mol. The van der Waals surface area contributed by atoms with Gasteiger partial charge in [-0.25, -0.2) is 0 Å². The quantitative estimate of drug-likeness (QED) is 0.691. The summed E-state index contributed by atoms with van der Waals surface area (Å²) in [4.78, 5) is 22.6. The van der Waals surface area contributed by atoms with E-state index in [0.717, 1.165) is 11.1 Å². The van der Waals surface area contributed by atoms with Gasteiger partial charge < -0.3 is 5.32 Å². The fourth-order valence-corrected chi connectivity index (χ4v) is 1.94. The van der Waals surface area contributed by atoms with Crippen LogP contribution in [0.5, 0.6) is 0 Å². The van der Waals surface area contributed by atoms with Gasteiger partial charge in [-0.15, -0.1) is 0 Å². The topological polar surface area (TPSA) is 90.1 Å². The number of rotatable bonds is 4. The van der Waals surface area contributed by atoms with Crippen molar-refractivity contribution < 1.29 is 9.72 Å². The Morgan fingerprint density at radius 3 is 2.76 bits per heavy atom. The molecule has 2 aromatic rings. The maximum Gasteiger partial charge on any atom is 0.320 e. The molecule has 0 saturated heterocycles. The summed E-state index contributed by atoms with van der Waals surface area (Å²) in [7, 11) is 0. The van der Waals surface area contributed by atoms with Crippen LogP contribution in [0.25, 0.3) is 0 Å². The average Bonchev–Trinajstić information content (AvgIpc) is 2.88. The Labute approximate surface area is 121 Å². The molecule has 21 heavy (non-hydrogen) atoms. The van der Waals surface area contributed by atoms with E-state index in [4.69, 9.17) is 0 Å². The summed E-state index contributed by atoms with van der Waals surface area (Å²) in [5, 5.41) is 17.6. The van der Waals surface area contributed by atoms with Gasteiger partial charge in [-0.3, -0.25) is 19.6 Å². The van der Waals surface area contributed by atoms with E-state index in [0.29, 0.717) is 12.2 Å². The Balaban J connectivity index is 2.34. The largest absolute Gasteiger partial charge is 0.320 e. The Kier molecular flexibility index (Phi) is 4.02. The predicted octanol–water partition coefficient (Wildman–Crippen LogP) is 2.68. The third-order valence-corrected chi connectivity index (χ3v) is 3.33. The first-order valence-electron chi connectivity index (χ1n) is 6.53. The molecule has 0 bridgehead atoms. The average molecular weight is 288 g/mol. The van der Waals surface area contributed by atoms with Gasteiger partial charge in [-0.2, -0.15) is 5.10 Å². The normalized spacial score (nSPS) is 10.4. The van der Waals surface area contributed by atoms with Crippen molar-refractivity contribution in [3.8, 4) is 0 Å². The van der Waals surface area contributed by atoms with Crippen LogP contribution in [0.2, 0.25) is 0 Å². The zero-order valence-corrected chi connectivity index (χ0v) is 12.1. The van der Waals surface area contributed by atoms with Crippen LogP contribution in [0.3, 0.4) is 0 Å². The summed E-state index contributed by atoms with van der Waals surface area (Å²) < 4.78 is 1.37. The van der Waals surface area contributed by atoms with Crippen molar-refractivity contribution in [1.29, 1.82) is 0 Å². The molecular weight excluding hydrogens is 272 g/mol. The number of hydrogen-bond donors (Lipinski definition) is 1. The van der Waals surface area contributed by atoms with E-state index >= 15 is 0 Å². The molecule has 7 heteroatoms. The lowest BCUT2D eigenvalue weighted by molar-refractivity contribution is -0.385.